The van der Waals surface area contributed by atoms with Gasteiger partial charge in [-0.1, -0.05) is 18.2 Å². The molecule has 2 aliphatic rings. The fraction of sp³-hybridized carbons (Fsp3) is 0.516. The number of carbonyl (C=O) groups excluding carboxylic acids is 1. The summed E-state index contributed by atoms with van der Waals surface area (Å²) in [6.07, 6.45) is 7.91. The molecule has 38 heavy (non-hydrogen) atoms. The van der Waals surface area contributed by atoms with Gasteiger partial charge in [0, 0.05) is 12.7 Å². The summed E-state index contributed by atoms with van der Waals surface area (Å²) in [4.78, 5) is 12.7. The molecule has 206 valence electrons. The fourth-order valence-electron chi connectivity index (χ4n) is 5.74. The van der Waals surface area contributed by atoms with Gasteiger partial charge in [-0.3, -0.25) is 4.79 Å². The minimum absolute atomic E-state index is 0.0124. The first kappa shape index (κ1) is 28.2. The molecule has 0 N–H and O–H groups in total. The first-order chi connectivity index (χ1) is 18.4. The average Bonchev–Trinajstić information content (AvgIpc) is 2.92. The number of halogens is 3. The molecular weight excluding hydrogens is 493 g/mol. The molecule has 0 atom stereocenters. The Hall–Kier alpha value is -2.80. The van der Waals surface area contributed by atoms with Crippen LogP contribution in [0.15, 0.2) is 43.0 Å². The van der Waals surface area contributed by atoms with Crippen LogP contribution in [0.25, 0.3) is 0 Å². The Morgan fingerprint density at radius 2 is 1.53 bits per heavy atom. The van der Waals surface area contributed by atoms with E-state index < -0.39 is 23.4 Å². The van der Waals surface area contributed by atoms with Crippen LogP contribution in [0, 0.1) is 23.4 Å². The molecule has 4 nitrogen and oxygen atoms in total. The maximum atomic E-state index is 15.2. The van der Waals surface area contributed by atoms with E-state index in [1.165, 1.54) is 12.1 Å². The molecule has 7 heteroatoms. The highest BCUT2D eigenvalue weighted by Crippen LogP contribution is 2.41. The maximum absolute atomic E-state index is 15.2. The van der Waals surface area contributed by atoms with E-state index in [9.17, 15) is 9.18 Å². The van der Waals surface area contributed by atoms with Crippen molar-refractivity contribution in [2.45, 2.75) is 82.7 Å². The summed E-state index contributed by atoms with van der Waals surface area (Å²) in [6.45, 7) is 6.55. The van der Waals surface area contributed by atoms with Crippen LogP contribution in [-0.2, 0) is 9.53 Å². The van der Waals surface area contributed by atoms with Crippen LogP contribution in [-0.4, -0.2) is 25.3 Å². The van der Waals surface area contributed by atoms with Crippen molar-refractivity contribution in [2.24, 2.45) is 5.92 Å². The molecule has 2 aliphatic carbocycles. The summed E-state index contributed by atoms with van der Waals surface area (Å²) in [6, 6.07) is 7.55. The SMILES string of the molecule is C=CCCOc1ccc(OC(=O)C2CCC(c3ccc(C4CCC(OCC)CC4)c(F)c3F)CC2)cc1F. The molecule has 2 aromatic rings. The molecular formula is C31H37F3O4. The van der Waals surface area contributed by atoms with E-state index in [4.69, 9.17) is 14.2 Å². The van der Waals surface area contributed by atoms with Gasteiger partial charge in [0.2, 0.25) is 0 Å². The number of hydrogen-bond acceptors (Lipinski definition) is 4. The van der Waals surface area contributed by atoms with Crippen LogP contribution in [0.2, 0.25) is 0 Å². The Kier molecular flexibility index (Phi) is 9.89. The minimum atomic E-state index is -0.758. The quantitative estimate of drug-likeness (QED) is 0.135. The second-order valence-corrected chi connectivity index (χ2v) is 10.3. The molecule has 0 aromatic heterocycles. The Morgan fingerprint density at radius 1 is 0.921 bits per heavy atom. The van der Waals surface area contributed by atoms with Crippen molar-refractivity contribution >= 4 is 5.97 Å². The summed E-state index contributed by atoms with van der Waals surface area (Å²) in [7, 11) is 0. The highest BCUT2D eigenvalue weighted by molar-refractivity contribution is 5.75. The van der Waals surface area contributed by atoms with Crippen LogP contribution in [0.4, 0.5) is 13.2 Å². The molecule has 0 heterocycles. The third-order valence-electron chi connectivity index (χ3n) is 7.86. The molecule has 4 rings (SSSR count). The maximum Gasteiger partial charge on any atom is 0.314 e. The Labute approximate surface area is 223 Å². The summed E-state index contributed by atoms with van der Waals surface area (Å²) in [5.41, 5.74) is 0.845. The van der Waals surface area contributed by atoms with Gasteiger partial charge < -0.3 is 14.2 Å². The zero-order valence-corrected chi connectivity index (χ0v) is 22.0. The fourth-order valence-corrected chi connectivity index (χ4v) is 5.74. The second kappa shape index (κ2) is 13.3. The molecule has 2 aromatic carbocycles. The predicted octanol–water partition coefficient (Wildman–Crippen LogP) is 8.00. The molecule has 0 unspecified atom stereocenters. The van der Waals surface area contributed by atoms with Crippen LogP contribution in [0.1, 0.15) is 87.7 Å². The number of hydrogen-bond donors (Lipinski definition) is 0. The van der Waals surface area contributed by atoms with Gasteiger partial charge in [-0.2, -0.15) is 0 Å². The molecule has 0 aliphatic heterocycles. The van der Waals surface area contributed by atoms with Crippen molar-refractivity contribution in [1.82, 2.24) is 0 Å². The Morgan fingerprint density at radius 3 is 2.08 bits per heavy atom. The van der Waals surface area contributed by atoms with Crippen molar-refractivity contribution < 1.29 is 32.2 Å². The largest absolute Gasteiger partial charge is 0.490 e. The van der Waals surface area contributed by atoms with Crippen molar-refractivity contribution in [2.75, 3.05) is 13.2 Å². The normalized spacial score (nSPS) is 23.6. The van der Waals surface area contributed by atoms with Crippen molar-refractivity contribution in [3.8, 4) is 11.5 Å². The highest BCUT2D eigenvalue weighted by atomic mass is 19.2. The van der Waals surface area contributed by atoms with Crippen LogP contribution >= 0.6 is 0 Å². The summed E-state index contributed by atoms with van der Waals surface area (Å²) < 4.78 is 61.0. The highest BCUT2D eigenvalue weighted by Gasteiger charge is 2.32. The van der Waals surface area contributed by atoms with Gasteiger partial charge in [0.05, 0.1) is 18.6 Å². The number of benzene rings is 2. The van der Waals surface area contributed by atoms with E-state index in [1.807, 2.05) is 6.92 Å². The standard InChI is InChI=1S/C31H37F3O4/c1-3-5-18-37-28-17-14-24(19-27(28)32)38-31(35)22-8-6-20(7-9-22)25-15-16-26(30(34)29(25)33)21-10-12-23(13-11-21)36-4-2/h3,14-17,19-23H,1,4-13,18H2,2H3. The van der Waals surface area contributed by atoms with Gasteiger partial charge in [-0.15, -0.1) is 6.58 Å². The first-order valence-corrected chi connectivity index (χ1v) is 13.8. The number of esters is 1. The smallest absolute Gasteiger partial charge is 0.314 e. The lowest BCUT2D eigenvalue weighted by atomic mass is 9.77. The van der Waals surface area contributed by atoms with Crippen molar-refractivity contribution in [1.29, 1.82) is 0 Å². The van der Waals surface area contributed by atoms with Gasteiger partial charge in [-0.25, -0.2) is 13.2 Å². The van der Waals surface area contributed by atoms with Crippen molar-refractivity contribution in [3.63, 3.8) is 0 Å². The third kappa shape index (κ3) is 6.79. The number of rotatable bonds is 10. The van der Waals surface area contributed by atoms with Crippen LogP contribution in [0.3, 0.4) is 0 Å². The van der Waals surface area contributed by atoms with Gasteiger partial charge in [-0.05, 0) is 99.8 Å². The van der Waals surface area contributed by atoms with Crippen LogP contribution in [0.5, 0.6) is 11.5 Å². The molecule has 2 saturated carbocycles. The van der Waals surface area contributed by atoms with Crippen molar-refractivity contribution in [3.05, 3.63) is 71.6 Å². The molecule has 0 radical (unpaired) electrons. The Balaban J connectivity index is 1.31. The van der Waals surface area contributed by atoms with E-state index in [-0.39, 0.29) is 35.4 Å². The van der Waals surface area contributed by atoms with Gasteiger partial charge in [0.25, 0.3) is 0 Å². The minimum Gasteiger partial charge on any atom is -0.490 e. The van der Waals surface area contributed by atoms with E-state index >= 15 is 8.78 Å². The zero-order chi connectivity index (χ0) is 27.1. The second-order valence-electron chi connectivity index (χ2n) is 10.3. The van der Waals surface area contributed by atoms with Gasteiger partial charge in [0.15, 0.2) is 23.2 Å². The summed E-state index contributed by atoms with van der Waals surface area (Å²) in [5, 5.41) is 0. The monoisotopic (exact) mass is 530 g/mol. The van der Waals surface area contributed by atoms with E-state index in [2.05, 4.69) is 6.58 Å². The third-order valence-corrected chi connectivity index (χ3v) is 7.86. The zero-order valence-electron chi connectivity index (χ0n) is 22.0. The predicted molar refractivity (Wildman–Crippen MR) is 140 cm³/mol. The first-order valence-electron chi connectivity index (χ1n) is 13.8. The molecule has 0 saturated heterocycles. The molecule has 2 fully saturated rings. The summed E-state index contributed by atoms with van der Waals surface area (Å²) >= 11 is 0. The average molecular weight is 531 g/mol. The number of carbonyl (C=O) groups is 1. The van der Waals surface area contributed by atoms with Gasteiger partial charge in [0.1, 0.15) is 5.75 Å². The lowest BCUT2D eigenvalue weighted by molar-refractivity contribution is -0.140. The van der Waals surface area contributed by atoms with Crippen LogP contribution < -0.4 is 9.47 Å². The van der Waals surface area contributed by atoms with E-state index in [0.717, 1.165) is 31.7 Å². The van der Waals surface area contributed by atoms with E-state index in [1.54, 1.807) is 18.2 Å². The topological polar surface area (TPSA) is 44.8 Å². The Bertz CT molecular complexity index is 1100. The molecule has 0 spiro atoms. The number of ether oxygens (including phenoxy) is 3. The molecule has 0 bridgehead atoms. The van der Waals surface area contributed by atoms with Gasteiger partial charge >= 0.3 is 5.97 Å². The lowest BCUT2D eigenvalue weighted by Crippen LogP contribution is -2.25. The summed E-state index contributed by atoms with van der Waals surface area (Å²) in [5.74, 6) is -2.84. The lowest BCUT2D eigenvalue weighted by Gasteiger charge is -2.30. The van der Waals surface area contributed by atoms with E-state index in [0.29, 0.717) is 56.4 Å². The molecule has 0 amide bonds.